The molecule has 6 nitrogen and oxygen atoms in total. The van der Waals surface area contributed by atoms with E-state index in [1.165, 1.54) is 10.4 Å². The quantitative estimate of drug-likeness (QED) is 0.773. The molecule has 152 valence electrons. The monoisotopic (exact) mass is 396 g/mol. The number of hydrogen-bond donors (Lipinski definition) is 2. The van der Waals surface area contributed by atoms with Crippen LogP contribution in [0.1, 0.15) is 55.1 Å². The van der Waals surface area contributed by atoms with Gasteiger partial charge in [0.25, 0.3) is 5.91 Å². The number of nitrogens with one attached hydrogen (secondary N) is 1. The number of nitrogens with zero attached hydrogens (tertiary/aromatic N) is 1. The van der Waals surface area contributed by atoms with Gasteiger partial charge in [0.1, 0.15) is 0 Å². The second-order valence-electron chi connectivity index (χ2n) is 7.92. The summed E-state index contributed by atoms with van der Waals surface area (Å²) in [5.74, 6) is 0.125. The molecule has 0 bridgehead atoms. The Morgan fingerprint density at radius 1 is 1.26 bits per heavy atom. The molecule has 1 heterocycles. The fraction of sp³-hybridized carbons (Fsp3) is 0.650. The molecule has 1 saturated heterocycles. The molecule has 1 aromatic carbocycles. The van der Waals surface area contributed by atoms with Gasteiger partial charge in [-0.25, -0.2) is 8.42 Å². The number of benzene rings is 1. The summed E-state index contributed by atoms with van der Waals surface area (Å²) in [5, 5.41) is 12.1. The largest absolute Gasteiger partial charge is 0.396 e. The topological polar surface area (TPSA) is 86.7 Å². The molecule has 0 radical (unpaired) electrons. The van der Waals surface area contributed by atoms with Crippen LogP contribution in [0.4, 0.5) is 0 Å². The summed E-state index contributed by atoms with van der Waals surface area (Å²) >= 11 is 0. The number of piperidine rings is 1. The number of hydrogen-bond acceptors (Lipinski definition) is 4. The second-order valence-corrected chi connectivity index (χ2v) is 9.83. The Morgan fingerprint density at radius 3 is 2.41 bits per heavy atom. The van der Waals surface area contributed by atoms with Crippen molar-refractivity contribution in [1.29, 1.82) is 0 Å². The zero-order valence-corrected chi connectivity index (χ0v) is 17.8. The van der Waals surface area contributed by atoms with Gasteiger partial charge in [0, 0.05) is 31.3 Å². The summed E-state index contributed by atoms with van der Waals surface area (Å²) < 4.78 is 27.9. The molecular weight excluding hydrogens is 364 g/mol. The summed E-state index contributed by atoms with van der Waals surface area (Å²) in [6, 6.07) is 2.99. The third-order valence-corrected chi connectivity index (χ3v) is 7.77. The summed E-state index contributed by atoms with van der Waals surface area (Å²) in [7, 11) is -3.63. The van der Waals surface area contributed by atoms with Crippen LogP contribution in [0.25, 0.3) is 0 Å². The summed E-state index contributed by atoms with van der Waals surface area (Å²) in [5.41, 5.74) is 1.79. The van der Waals surface area contributed by atoms with Gasteiger partial charge in [-0.3, -0.25) is 4.79 Å². The van der Waals surface area contributed by atoms with Gasteiger partial charge < -0.3 is 10.4 Å². The van der Waals surface area contributed by atoms with Gasteiger partial charge >= 0.3 is 0 Å². The van der Waals surface area contributed by atoms with Crippen LogP contribution >= 0.6 is 0 Å². The van der Waals surface area contributed by atoms with E-state index in [0.717, 1.165) is 18.4 Å². The van der Waals surface area contributed by atoms with Gasteiger partial charge in [-0.2, -0.15) is 4.31 Å². The number of amides is 1. The fourth-order valence-corrected chi connectivity index (χ4v) is 4.97. The highest BCUT2D eigenvalue weighted by Crippen LogP contribution is 2.28. The van der Waals surface area contributed by atoms with Gasteiger partial charge in [-0.15, -0.1) is 0 Å². The molecule has 1 aliphatic heterocycles. The number of sulfonamides is 1. The van der Waals surface area contributed by atoms with E-state index < -0.39 is 10.0 Å². The van der Waals surface area contributed by atoms with Crippen molar-refractivity contribution in [1.82, 2.24) is 9.62 Å². The van der Waals surface area contributed by atoms with E-state index in [9.17, 15) is 18.3 Å². The van der Waals surface area contributed by atoms with Gasteiger partial charge in [0.2, 0.25) is 10.0 Å². The van der Waals surface area contributed by atoms with E-state index >= 15 is 0 Å². The zero-order chi connectivity index (χ0) is 20.4. The normalized spacial score (nSPS) is 18.9. The Hall–Kier alpha value is -1.44. The number of aryl methyl sites for hydroxylation is 1. The van der Waals surface area contributed by atoms with Crippen LogP contribution in [0.15, 0.2) is 17.0 Å². The van der Waals surface area contributed by atoms with Crippen molar-refractivity contribution < 1.29 is 18.3 Å². The van der Waals surface area contributed by atoms with E-state index in [2.05, 4.69) is 12.2 Å². The van der Waals surface area contributed by atoms with Crippen molar-refractivity contribution in [2.45, 2.75) is 58.4 Å². The molecule has 1 aromatic rings. The number of rotatable bonds is 6. The van der Waals surface area contributed by atoms with E-state index in [1.807, 2.05) is 20.8 Å². The van der Waals surface area contributed by atoms with Crippen LogP contribution in [0, 0.1) is 25.7 Å². The maximum Gasteiger partial charge on any atom is 0.251 e. The lowest BCUT2D eigenvalue weighted by atomic mass is 10.0. The predicted octanol–water partition coefficient (Wildman–Crippen LogP) is 2.47. The Bertz CT molecular complexity index is 783. The first-order valence-corrected chi connectivity index (χ1v) is 11.0. The second kappa shape index (κ2) is 8.71. The maximum atomic E-state index is 13.2. The highest BCUT2D eigenvalue weighted by atomic mass is 32.2. The Balaban J connectivity index is 2.34. The molecule has 0 aromatic heterocycles. The van der Waals surface area contributed by atoms with E-state index in [4.69, 9.17) is 0 Å². The molecule has 0 aliphatic carbocycles. The fourth-order valence-electron chi connectivity index (χ4n) is 3.18. The molecule has 27 heavy (non-hydrogen) atoms. The van der Waals surface area contributed by atoms with E-state index in [0.29, 0.717) is 30.1 Å². The minimum atomic E-state index is -3.63. The summed E-state index contributed by atoms with van der Waals surface area (Å²) in [4.78, 5) is 12.8. The van der Waals surface area contributed by atoms with Crippen molar-refractivity contribution in [3.63, 3.8) is 0 Å². The van der Waals surface area contributed by atoms with Crippen molar-refractivity contribution >= 4 is 15.9 Å². The summed E-state index contributed by atoms with van der Waals surface area (Å²) in [6.07, 6.45) is 1.71. The van der Waals surface area contributed by atoms with Gasteiger partial charge in [-0.1, -0.05) is 13.8 Å². The molecule has 1 fully saturated rings. The molecule has 1 amide bonds. The van der Waals surface area contributed by atoms with E-state index in [1.54, 1.807) is 13.0 Å². The average Bonchev–Trinajstić information content (AvgIpc) is 2.63. The molecule has 2 atom stereocenters. The van der Waals surface area contributed by atoms with Crippen LogP contribution in [0.5, 0.6) is 0 Å². The molecule has 2 rings (SSSR count). The summed E-state index contributed by atoms with van der Waals surface area (Å²) in [6.45, 7) is 10.4. The molecule has 0 saturated carbocycles. The molecule has 1 aliphatic rings. The van der Waals surface area contributed by atoms with Gasteiger partial charge in [0.05, 0.1) is 4.90 Å². The SMILES string of the molecule is Cc1cc(C(=O)N[C@H](C)[C@@H](C)CO)cc(S(=O)(=O)N2CCC(C)CC2)c1C. The number of carbonyl (C=O) groups excluding carboxylic acids is 1. The zero-order valence-electron chi connectivity index (χ0n) is 16.9. The average molecular weight is 397 g/mol. The van der Waals surface area contributed by atoms with Crippen molar-refractivity contribution in [3.8, 4) is 0 Å². The van der Waals surface area contributed by atoms with Crippen LogP contribution in [-0.2, 0) is 10.0 Å². The smallest absolute Gasteiger partial charge is 0.251 e. The van der Waals surface area contributed by atoms with Crippen LogP contribution in [-0.4, -0.2) is 49.5 Å². The Labute approximate surface area is 163 Å². The Kier molecular flexibility index (Phi) is 7.05. The lowest BCUT2D eigenvalue weighted by molar-refractivity contribution is 0.0916. The highest BCUT2D eigenvalue weighted by Gasteiger charge is 2.30. The first kappa shape index (κ1) is 21.9. The lowest BCUT2D eigenvalue weighted by Gasteiger charge is -2.30. The molecule has 7 heteroatoms. The molecule has 0 spiro atoms. The molecule has 2 N–H and O–H groups in total. The first-order valence-electron chi connectivity index (χ1n) is 9.61. The lowest BCUT2D eigenvalue weighted by Crippen LogP contribution is -2.39. The molecular formula is C20H32N2O4S. The number of aliphatic hydroxyl groups excluding tert-OH is 1. The number of aliphatic hydroxyl groups is 1. The van der Waals surface area contributed by atoms with Crippen LogP contribution in [0.2, 0.25) is 0 Å². The third-order valence-electron chi connectivity index (χ3n) is 5.74. The van der Waals surface area contributed by atoms with Crippen molar-refractivity contribution in [3.05, 3.63) is 28.8 Å². The van der Waals surface area contributed by atoms with Gasteiger partial charge in [0.15, 0.2) is 0 Å². The highest BCUT2D eigenvalue weighted by molar-refractivity contribution is 7.89. The minimum absolute atomic E-state index is 0.0264. The van der Waals surface area contributed by atoms with Gasteiger partial charge in [-0.05, 0) is 68.7 Å². The van der Waals surface area contributed by atoms with Crippen molar-refractivity contribution in [2.75, 3.05) is 19.7 Å². The standard InChI is InChI=1S/C20H32N2O4S/c1-13-6-8-22(9-7-13)27(25,26)19-11-18(10-14(2)16(19)4)20(24)21-17(5)15(3)12-23/h10-11,13,15,17,23H,6-9,12H2,1-5H3,(H,21,24)/t15-,17+/m0/s1. The predicted molar refractivity (Wildman–Crippen MR) is 106 cm³/mol. The van der Waals surface area contributed by atoms with Crippen LogP contribution in [0.3, 0.4) is 0 Å². The molecule has 0 unspecified atom stereocenters. The third kappa shape index (κ3) is 4.89. The van der Waals surface area contributed by atoms with Crippen LogP contribution < -0.4 is 5.32 Å². The maximum absolute atomic E-state index is 13.2. The number of carbonyl (C=O) groups is 1. The van der Waals surface area contributed by atoms with E-state index in [-0.39, 0.29) is 29.4 Å². The van der Waals surface area contributed by atoms with Crippen molar-refractivity contribution in [2.24, 2.45) is 11.8 Å². The minimum Gasteiger partial charge on any atom is -0.396 e. The first-order chi connectivity index (χ1) is 12.6. The Morgan fingerprint density at radius 2 is 1.85 bits per heavy atom.